The molecule has 0 amide bonds. The first-order valence-electron chi connectivity index (χ1n) is 5.33. The lowest BCUT2D eigenvalue weighted by atomic mass is 9.78. The number of allylic oxidation sites excluding steroid dienone is 2. The van der Waals surface area contributed by atoms with Crippen LogP contribution in [0, 0.1) is 0 Å². The van der Waals surface area contributed by atoms with Gasteiger partial charge in [-0.15, -0.1) is 0 Å². The molecule has 0 saturated carbocycles. The summed E-state index contributed by atoms with van der Waals surface area (Å²) >= 11 is 0. The van der Waals surface area contributed by atoms with E-state index in [0.29, 0.717) is 12.0 Å². The van der Waals surface area contributed by atoms with E-state index in [4.69, 9.17) is 9.47 Å². The Morgan fingerprint density at radius 1 is 1.62 bits per heavy atom. The van der Waals surface area contributed by atoms with Gasteiger partial charge in [0.25, 0.3) is 0 Å². The third-order valence-electron chi connectivity index (χ3n) is 3.28. The number of fused-ring (bicyclic) bond motifs is 1. The molecule has 0 radical (unpaired) electrons. The molecule has 2 aliphatic rings. The fourth-order valence-electron chi connectivity index (χ4n) is 2.27. The van der Waals surface area contributed by atoms with Gasteiger partial charge in [-0.05, 0) is 31.4 Å². The number of ether oxygens (including phenoxy) is 2. The molecular formula is C12H16O4. The zero-order valence-electron chi connectivity index (χ0n) is 9.74. The predicted molar refractivity (Wildman–Crippen MR) is 57.8 cm³/mol. The Labute approximate surface area is 94.5 Å². The number of hydrogen-bond donors (Lipinski definition) is 1. The van der Waals surface area contributed by atoms with Crippen LogP contribution < -0.4 is 0 Å². The third-order valence-corrected chi connectivity index (χ3v) is 3.28. The SMILES string of the molecule is COC1=CC(=O)C(C)=C2CC(C)OCC12O. The summed E-state index contributed by atoms with van der Waals surface area (Å²) in [6, 6.07) is 0. The Morgan fingerprint density at radius 3 is 2.94 bits per heavy atom. The first-order valence-corrected chi connectivity index (χ1v) is 5.33. The number of aliphatic hydroxyl groups is 1. The lowest BCUT2D eigenvalue weighted by Crippen LogP contribution is -2.48. The predicted octanol–water partition coefficient (Wildman–Crippen LogP) is 0.956. The molecule has 2 rings (SSSR count). The van der Waals surface area contributed by atoms with Crippen molar-refractivity contribution in [1.29, 1.82) is 0 Å². The van der Waals surface area contributed by atoms with E-state index in [0.717, 1.165) is 5.57 Å². The molecule has 0 aromatic heterocycles. The van der Waals surface area contributed by atoms with Crippen LogP contribution in [-0.4, -0.2) is 36.3 Å². The number of methoxy groups -OCH3 is 1. The van der Waals surface area contributed by atoms with Crippen LogP contribution >= 0.6 is 0 Å². The van der Waals surface area contributed by atoms with Crippen LogP contribution in [0.15, 0.2) is 23.0 Å². The first kappa shape index (κ1) is 11.4. The van der Waals surface area contributed by atoms with Gasteiger partial charge in [0.05, 0.1) is 19.8 Å². The molecule has 88 valence electrons. The number of rotatable bonds is 1. The van der Waals surface area contributed by atoms with Crippen molar-refractivity contribution in [2.75, 3.05) is 13.7 Å². The average Bonchev–Trinajstić information content (AvgIpc) is 2.26. The van der Waals surface area contributed by atoms with Crippen LogP contribution in [0.1, 0.15) is 20.3 Å². The molecule has 0 spiro atoms. The fraction of sp³-hybridized carbons (Fsp3) is 0.583. The highest BCUT2D eigenvalue weighted by atomic mass is 16.5. The quantitative estimate of drug-likeness (QED) is 0.720. The van der Waals surface area contributed by atoms with E-state index in [1.807, 2.05) is 6.92 Å². The summed E-state index contributed by atoms with van der Waals surface area (Å²) in [6.45, 7) is 3.81. The average molecular weight is 224 g/mol. The molecule has 1 fully saturated rings. The summed E-state index contributed by atoms with van der Waals surface area (Å²) in [7, 11) is 1.45. The topological polar surface area (TPSA) is 55.8 Å². The van der Waals surface area contributed by atoms with Crippen LogP contribution in [-0.2, 0) is 14.3 Å². The van der Waals surface area contributed by atoms with Crippen LogP contribution in [0.5, 0.6) is 0 Å². The van der Waals surface area contributed by atoms with Gasteiger partial charge < -0.3 is 14.6 Å². The highest BCUT2D eigenvalue weighted by molar-refractivity contribution is 6.06. The Hall–Kier alpha value is -1.13. The molecule has 16 heavy (non-hydrogen) atoms. The second-order valence-electron chi connectivity index (χ2n) is 4.37. The summed E-state index contributed by atoms with van der Waals surface area (Å²) < 4.78 is 10.5. The zero-order valence-corrected chi connectivity index (χ0v) is 9.74. The van der Waals surface area contributed by atoms with Crippen LogP contribution in [0.4, 0.5) is 0 Å². The van der Waals surface area contributed by atoms with Crippen molar-refractivity contribution in [3.05, 3.63) is 23.0 Å². The van der Waals surface area contributed by atoms with Gasteiger partial charge in [-0.3, -0.25) is 4.79 Å². The van der Waals surface area contributed by atoms with E-state index in [1.54, 1.807) is 6.92 Å². The largest absolute Gasteiger partial charge is 0.497 e. The molecule has 2 atom stereocenters. The van der Waals surface area contributed by atoms with Gasteiger partial charge in [-0.25, -0.2) is 0 Å². The molecule has 1 N–H and O–H groups in total. The monoisotopic (exact) mass is 224 g/mol. The van der Waals surface area contributed by atoms with Gasteiger partial charge in [-0.1, -0.05) is 0 Å². The lowest BCUT2D eigenvalue weighted by Gasteiger charge is -2.40. The molecule has 1 saturated heterocycles. The lowest BCUT2D eigenvalue weighted by molar-refractivity contribution is -0.114. The molecular weight excluding hydrogens is 208 g/mol. The Kier molecular flexibility index (Phi) is 2.64. The van der Waals surface area contributed by atoms with Crippen molar-refractivity contribution in [2.24, 2.45) is 0 Å². The minimum atomic E-state index is -1.25. The molecule has 1 aliphatic carbocycles. The van der Waals surface area contributed by atoms with Gasteiger partial charge >= 0.3 is 0 Å². The van der Waals surface area contributed by atoms with Crippen LogP contribution in [0.2, 0.25) is 0 Å². The van der Waals surface area contributed by atoms with Crippen molar-refractivity contribution >= 4 is 5.78 Å². The van der Waals surface area contributed by atoms with Crippen molar-refractivity contribution in [1.82, 2.24) is 0 Å². The standard InChI is InChI=1S/C12H16O4/c1-7-4-9-8(2)10(13)5-11(15-3)12(9,14)6-16-7/h5,7,14H,4,6H2,1-3H3. The zero-order chi connectivity index (χ0) is 11.9. The van der Waals surface area contributed by atoms with Crippen LogP contribution in [0.3, 0.4) is 0 Å². The highest BCUT2D eigenvalue weighted by Gasteiger charge is 2.46. The van der Waals surface area contributed by atoms with E-state index >= 15 is 0 Å². The summed E-state index contributed by atoms with van der Waals surface area (Å²) in [5, 5.41) is 10.5. The summed E-state index contributed by atoms with van der Waals surface area (Å²) in [6.07, 6.45) is 1.93. The number of carbonyl (C=O) groups excluding carboxylic acids is 1. The fourth-order valence-corrected chi connectivity index (χ4v) is 2.27. The maximum Gasteiger partial charge on any atom is 0.185 e. The number of carbonyl (C=O) groups is 1. The first-order chi connectivity index (χ1) is 7.49. The van der Waals surface area contributed by atoms with Crippen LogP contribution in [0.25, 0.3) is 0 Å². The Bertz CT molecular complexity index is 394. The minimum Gasteiger partial charge on any atom is -0.497 e. The molecule has 0 aromatic rings. The molecule has 0 aromatic carbocycles. The summed E-state index contributed by atoms with van der Waals surface area (Å²) in [4.78, 5) is 11.7. The Morgan fingerprint density at radius 2 is 2.31 bits per heavy atom. The second-order valence-corrected chi connectivity index (χ2v) is 4.37. The summed E-state index contributed by atoms with van der Waals surface area (Å²) in [5.41, 5.74) is 0.0910. The van der Waals surface area contributed by atoms with Crippen molar-refractivity contribution in [3.63, 3.8) is 0 Å². The number of hydrogen-bond acceptors (Lipinski definition) is 4. The maximum atomic E-state index is 11.7. The van der Waals surface area contributed by atoms with Gasteiger partial charge in [0, 0.05) is 6.08 Å². The van der Waals surface area contributed by atoms with Crippen molar-refractivity contribution in [3.8, 4) is 0 Å². The van der Waals surface area contributed by atoms with E-state index in [2.05, 4.69) is 0 Å². The van der Waals surface area contributed by atoms with Crippen molar-refractivity contribution < 1.29 is 19.4 Å². The number of ketones is 1. The normalized spacial score (nSPS) is 34.6. The van der Waals surface area contributed by atoms with Crippen molar-refractivity contribution in [2.45, 2.75) is 32.0 Å². The van der Waals surface area contributed by atoms with Gasteiger partial charge in [0.15, 0.2) is 11.4 Å². The molecule has 1 heterocycles. The Balaban J connectivity index is 2.48. The summed E-state index contributed by atoms with van der Waals surface area (Å²) in [5.74, 6) is 0.190. The third kappa shape index (κ3) is 1.49. The maximum absolute atomic E-state index is 11.7. The molecule has 4 nitrogen and oxygen atoms in total. The molecule has 1 aliphatic heterocycles. The molecule has 0 bridgehead atoms. The highest BCUT2D eigenvalue weighted by Crippen LogP contribution is 2.39. The van der Waals surface area contributed by atoms with Gasteiger partial charge in [0.2, 0.25) is 0 Å². The smallest absolute Gasteiger partial charge is 0.185 e. The van der Waals surface area contributed by atoms with Gasteiger partial charge in [-0.2, -0.15) is 0 Å². The van der Waals surface area contributed by atoms with Gasteiger partial charge in [0.1, 0.15) is 5.76 Å². The van der Waals surface area contributed by atoms with E-state index in [-0.39, 0.29) is 24.3 Å². The van der Waals surface area contributed by atoms with E-state index in [1.165, 1.54) is 13.2 Å². The molecule has 2 unspecified atom stereocenters. The van der Waals surface area contributed by atoms with E-state index < -0.39 is 5.60 Å². The second kappa shape index (κ2) is 3.71. The van der Waals surface area contributed by atoms with E-state index in [9.17, 15) is 9.90 Å². The minimum absolute atomic E-state index is 0.0224. The molecule has 4 heteroatoms.